The fourth-order valence-corrected chi connectivity index (χ4v) is 3.57. The standard InChI is InChI=1S/C25H28N4O2/c1-19-3-8-22(26-17-19)9-5-21-6-10-23(11-7-21)31-25(30)29-15-13-28(14-16-29)24-12-4-20(2)18-27-24/h3-4,6-8,10-12,17-18H,5,9,13-16H2,1-2H3. The normalized spacial score (nSPS) is 13.9. The zero-order valence-corrected chi connectivity index (χ0v) is 18.1. The number of nitrogens with zero attached hydrogens (tertiary/aromatic N) is 4. The van der Waals surface area contributed by atoms with Crippen molar-refractivity contribution < 1.29 is 9.53 Å². The summed E-state index contributed by atoms with van der Waals surface area (Å²) in [7, 11) is 0. The number of piperazine rings is 1. The van der Waals surface area contributed by atoms with Gasteiger partial charge in [-0.25, -0.2) is 9.78 Å². The number of pyridine rings is 2. The van der Waals surface area contributed by atoms with Crippen LogP contribution in [0.15, 0.2) is 60.9 Å². The first kappa shape index (κ1) is 20.8. The molecule has 0 saturated carbocycles. The summed E-state index contributed by atoms with van der Waals surface area (Å²) in [5.74, 6) is 1.53. The van der Waals surface area contributed by atoms with Gasteiger partial charge in [-0.1, -0.05) is 24.3 Å². The summed E-state index contributed by atoms with van der Waals surface area (Å²) in [6.07, 6.45) is 5.26. The van der Waals surface area contributed by atoms with E-state index in [4.69, 9.17) is 4.74 Å². The number of benzene rings is 1. The summed E-state index contributed by atoms with van der Waals surface area (Å²) in [6, 6.07) is 16.0. The Morgan fingerprint density at radius 1 is 0.839 bits per heavy atom. The molecule has 0 radical (unpaired) electrons. The van der Waals surface area contributed by atoms with Crippen LogP contribution in [0.2, 0.25) is 0 Å². The smallest absolute Gasteiger partial charge is 0.410 e. The summed E-state index contributed by atoms with van der Waals surface area (Å²) < 4.78 is 5.58. The fraction of sp³-hybridized carbons (Fsp3) is 0.320. The minimum Gasteiger partial charge on any atom is -0.410 e. The van der Waals surface area contributed by atoms with E-state index < -0.39 is 0 Å². The molecule has 0 spiro atoms. The first-order valence-corrected chi connectivity index (χ1v) is 10.7. The van der Waals surface area contributed by atoms with Gasteiger partial charge in [0.1, 0.15) is 11.6 Å². The first-order chi connectivity index (χ1) is 15.1. The second-order valence-electron chi connectivity index (χ2n) is 8.01. The minimum atomic E-state index is -0.298. The summed E-state index contributed by atoms with van der Waals surface area (Å²) >= 11 is 0. The highest BCUT2D eigenvalue weighted by atomic mass is 16.6. The fourth-order valence-electron chi connectivity index (χ4n) is 3.57. The van der Waals surface area contributed by atoms with E-state index in [1.165, 1.54) is 11.1 Å². The molecule has 1 fully saturated rings. The van der Waals surface area contributed by atoms with Crippen LogP contribution >= 0.6 is 0 Å². The van der Waals surface area contributed by atoms with Gasteiger partial charge in [-0.05, 0) is 67.6 Å². The Morgan fingerprint density at radius 3 is 2.13 bits per heavy atom. The van der Waals surface area contributed by atoms with Gasteiger partial charge in [0.15, 0.2) is 0 Å². The van der Waals surface area contributed by atoms with Crippen molar-refractivity contribution in [1.82, 2.24) is 14.9 Å². The number of aromatic nitrogens is 2. The summed E-state index contributed by atoms with van der Waals surface area (Å²) in [5, 5.41) is 0. The highest BCUT2D eigenvalue weighted by Gasteiger charge is 2.23. The van der Waals surface area contributed by atoms with Crippen LogP contribution in [0.5, 0.6) is 5.75 Å². The maximum absolute atomic E-state index is 12.5. The van der Waals surface area contributed by atoms with Crippen molar-refractivity contribution in [3.8, 4) is 5.75 Å². The van der Waals surface area contributed by atoms with Crippen LogP contribution in [0.25, 0.3) is 0 Å². The molecule has 2 aromatic heterocycles. The number of aryl methyl sites for hydroxylation is 4. The van der Waals surface area contributed by atoms with Gasteiger partial charge >= 0.3 is 6.09 Å². The molecule has 1 aliphatic rings. The Balaban J connectivity index is 1.25. The molecule has 0 aliphatic carbocycles. The third-order valence-electron chi connectivity index (χ3n) is 5.53. The maximum Gasteiger partial charge on any atom is 0.415 e. The monoisotopic (exact) mass is 416 g/mol. The molecule has 0 unspecified atom stereocenters. The van der Waals surface area contributed by atoms with Crippen molar-refractivity contribution in [2.45, 2.75) is 26.7 Å². The van der Waals surface area contributed by atoms with Crippen molar-refractivity contribution in [3.05, 3.63) is 83.3 Å². The van der Waals surface area contributed by atoms with E-state index in [1.807, 2.05) is 56.6 Å². The Hall–Kier alpha value is -3.41. The Morgan fingerprint density at radius 2 is 1.52 bits per heavy atom. The SMILES string of the molecule is Cc1ccc(CCc2ccc(OC(=O)N3CCN(c4ccc(C)cn4)CC3)cc2)nc1. The molecular formula is C25H28N4O2. The molecular weight excluding hydrogens is 388 g/mol. The highest BCUT2D eigenvalue weighted by Crippen LogP contribution is 2.17. The van der Waals surface area contributed by atoms with Crippen LogP contribution in [-0.2, 0) is 12.8 Å². The average molecular weight is 417 g/mol. The number of rotatable bonds is 5. The number of carbonyl (C=O) groups is 1. The summed E-state index contributed by atoms with van der Waals surface area (Å²) in [4.78, 5) is 25.4. The molecule has 0 N–H and O–H groups in total. The zero-order valence-electron chi connectivity index (χ0n) is 18.1. The molecule has 4 rings (SSSR count). The van der Waals surface area contributed by atoms with E-state index in [0.717, 1.165) is 43.0 Å². The molecule has 6 heteroatoms. The molecule has 160 valence electrons. The van der Waals surface area contributed by atoms with Gasteiger partial charge < -0.3 is 14.5 Å². The van der Waals surface area contributed by atoms with Crippen LogP contribution in [0.4, 0.5) is 10.6 Å². The molecule has 3 heterocycles. The second kappa shape index (κ2) is 9.60. The van der Waals surface area contributed by atoms with E-state index in [9.17, 15) is 4.79 Å². The van der Waals surface area contributed by atoms with Gasteiger partial charge in [-0.2, -0.15) is 0 Å². The Kier molecular flexibility index (Phi) is 6.46. The van der Waals surface area contributed by atoms with Crippen LogP contribution in [0.3, 0.4) is 0 Å². The largest absolute Gasteiger partial charge is 0.415 e. The molecule has 1 amide bonds. The molecule has 31 heavy (non-hydrogen) atoms. The van der Waals surface area contributed by atoms with Gasteiger partial charge in [0.25, 0.3) is 0 Å². The van der Waals surface area contributed by atoms with Crippen molar-refractivity contribution in [2.75, 3.05) is 31.1 Å². The van der Waals surface area contributed by atoms with E-state index in [2.05, 4.69) is 33.1 Å². The number of ether oxygens (including phenoxy) is 1. The van der Waals surface area contributed by atoms with Crippen LogP contribution in [0.1, 0.15) is 22.4 Å². The molecule has 6 nitrogen and oxygen atoms in total. The predicted molar refractivity (Wildman–Crippen MR) is 122 cm³/mol. The van der Waals surface area contributed by atoms with Crippen molar-refractivity contribution >= 4 is 11.9 Å². The van der Waals surface area contributed by atoms with Crippen LogP contribution in [-0.4, -0.2) is 47.1 Å². The van der Waals surface area contributed by atoms with Gasteiger partial charge in [0.2, 0.25) is 0 Å². The quantitative estimate of drug-likeness (QED) is 0.624. The first-order valence-electron chi connectivity index (χ1n) is 10.7. The molecule has 0 atom stereocenters. The third-order valence-corrected chi connectivity index (χ3v) is 5.53. The van der Waals surface area contributed by atoms with Gasteiger partial charge in [0, 0.05) is 44.3 Å². The van der Waals surface area contributed by atoms with E-state index in [0.29, 0.717) is 18.8 Å². The third kappa shape index (κ3) is 5.60. The Bertz CT molecular complexity index is 993. The average Bonchev–Trinajstić information content (AvgIpc) is 2.80. The molecule has 1 saturated heterocycles. The number of carbonyl (C=O) groups excluding carboxylic acids is 1. The van der Waals surface area contributed by atoms with Crippen molar-refractivity contribution in [1.29, 1.82) is 0 Å². The van der Waals surface area contributed by atoms with Crippen LogP contribution < -0.4 is 9.64 Å². The van der Waals surface area contributed by atoms with Gasteiger partial charge in [-0.15, -0.1) is 0 Å². The number of hydrogen-bond donors (Lipinski definition) is 0. The lowest BCUT2D eigenvalue weighted by molar-refractivity contribution is 0.149. The summed E-state index contributed by atoms with van der Waals surface area (Å²) in [5.41, 5.74) is 4.59. The molecule has 1 aromatic carbocycles. The minimum absolute atomic E-state index is 0.298. The van der Waals surface area contributed by atoms with Crippen LogP contribution in [0, 0.1) is 13.8 Å². The number of amides is 1. The molecule has 3 aromatic rings. The second-order valence-corrected chi connectivity index (χ2v) is 8.01. The van der Waals surface area contributed by atoms with E-state index >= 15 is 0 Å². The van der Waals surface area contributed by atoms with Gasteiger partial charge in [-0.3, -0.25) is 4.98 Å². The lowest BCUT2D eigenvalue weighted by atomic mass is 10.1. The maximum atomic E-state index is 12.5. The predicted octanol–water partition coefficient (Wildman–Crippen LogP) is 4.20. The summed E-state index contributed by atoms with van der Waals surface area (Å²) in [6.45, 7) is 6.80. The lowest BCUT2D eigenvalue weighted by Gasteiger charge is -2.34. The number of anilines is 1. The lowest BCUT2D eigenvalue weighted by Crippen LogP contribution is -2.49. The highest BCUT2D eigenvalue weighted by molar-refractivity contribution is 5.71. The van der Waals surface area contributed by atoms with E-state index in [-0.39, 0.29) is 6.09 Å². The molecule has 1 aliphatic heterocycles. The van der Waals surface area contributed by atoms with Crippen molar-refractivity contribution in [2.24, 2.45) is 0 Å². The molecule has 0 bridgehead atoms. The number of hydrogen-bond acceptors (Lipinski definition) is 5. The zero-order chi connectivity index (χ0) is 21.6. The van der Waals surface area contributed by atoms with Gasteiger partial charge in [0.05, 0.1) is 0 Å². The van der Waals surface area contributed by atoms with Crippen molar-refractivity contribution in [3.63, 3.8) is 0 Å². The topological polar surface area (TPSA) is 58.6 Å². The van der Waals surface area contributed by atoms with E-state index in [1.54, 1.807) is 4.90 Å². The Labute approximate surface area is 183 Å².